The van der Waals surface area contributed by atoms with E-state index in [2.05, 4.69) is 22.2 Å². The van der Waals surface area contributed by atoms with E-state index in [1.807, 2.05) is 30.3 Å². The molecular formula is C20H24FN3O. The molecule has 3 rings (SSSR count). The average Bonchev–Trinajstić information content (AvgIpc) is 2.65. The van der Waals surface area contributed by atoms with Crippen LogP contribution in [0.4, 0.5) is 4.39 Å². The van der Waals surface area contributed by atoms with E-state index in [0.29, 0.717) is 12.1 Å². The molecule has 1 N–H and O–H groups in total. The van der Waals surface area contributed by atoms with Gasteiger partial charge in [0.05, 0.1) is 6.04 Å². The summed E-state index contributed by atoms with van der Waals surface area (Å²) in [5.41, 5.74) is 1.68. The second-order valence-electron chi connectivity index (χ2n) is 6.48. The largest absolute Gasteiger partial charge is 0.350 e. The summed E-state index contributed by atoms with van der Waals surface area (Å²) in [6, 6.07) is 15.8. The van der Waals surface area contributed by atoms with Crippen molar-refractivity contribution in [3.8, 4) is 0 Å². The van der Waals surface area contributed by atoms with Crippen molar-refractivity contribution >= 4 is 5.91 Å². The Bertz CT molecular complexity index is 682. The fourth-order valence-corrected chi connectivity index (χ4v) is 3.16. The maximum Gasteiger partial charge on any atom is 0.251 e. The van der Waals surface area contributed by atoms with Crippen molar-refractivity contribution in [2.24, 2.45) is 0 Å². The highest BCUT2D eigenvalue weighted by Crippen LogP contribution is 2.22. The third-order valence-corrected chi connectivity index (χ3v) is 4.73. The van der Waals surface area contributed by atoms with Crippen LogP contribution in [0.15, 0.2) is 54.6 Å². The van der Waals surface area contributed by atoms with Gasteiger partial charge in [-0.05, 0) is 36.9 Å². The molecule has 1 fully saturated rings. The van der Waals surface area contributed by atoms with Gasteiger partial charge in [0.15, 0.2) is 0 Å². The molecule has 132 valence electrons. The number of piperazine rings is 1. The van der Waals surface area contributed by atoms with Crippen LogP contribution in [0.1, 0.15) is 22.0 Å². The Morgan fingerprint density at radius 3 is 2.32 bits per heavy atom. The smallest absolute Gasteiger partial charge is 0.251 e. The van der Waals surface area contributed by atoms with Gasteiger partial charge in [-0.1, -0.05) is 30.3 Å². The summed E-state index contributed by atoms with van der Waals surface area (Å²) in [6.45, 7) is 4.34. The van der Waals surface area contributed by atoms with Gasteiger partial charge in [-0.15, -0.1) is 0 Å². The highest BCUT2D eigenvalue weighted by Gasteiger charge is 2.24. The summed E-state index contributed by atoms with van der Waals surface area (Å²) < 4.78 is 13.3. The predicted molar refractivity (Wildman–Crippen MR) is 97.0 cm³/mol. The zero-order valence-corrected chi connectivity index (χ0v) is 14.5. The first-order valence-electron chi connectivity index (χ1n) is 8.65. The first-order chi connectivity index (χ1) is 12.1. The fourth-order valence-electron chi connectivity index (χ4n) is 3.16. The zero-order chi connectivity index (χ0) is 17.6. The van der Waals surface area contributed by atoms with Gasteiger partial charge in [0.1, 0.15) is 5.82 Å². The normalized spacial score (nSPS) is 17.2. The first-order valence-corrected chi connectivity index (χ1v) is 8.65. The van der Waals surface area contributed by atoms with Crippen molar-refractivity contribution in [3.05, 3.63) is 71.5 Å². The lowest BCUT2D eigenvalue weighted by molar-refractivity contribution is 0.0886. The molecular weight excluding hydrogens is 317 g/mol. The number of nitrogens with one attached hydrogen (secondary N) is 1. The molecule has 0 radical (unpaired) electrons. The van der Waals surface area contributed by atoms with E-state index in [4.69, 9.17) is 0 Å². The Hall–Kier alpha value is -2.24. The minimum atomic E-state index is -0.241. The SMILES string of the molecule is CN1CCN([C@H](CNC(=O)c2ccccc2)c2ccc(F)cc2)CC1. The van der Waals surface area contributed by atoms with Crippen LogP contribution in [0.3, 0.4) is 0 Å². The van der Waals surface area contributed by atoms with Crippen LogP contribution >= 0.6 is 0 Å². The van der Waals surface area contributed by atoms with Gasteiger partial charge in [-0.2, -0.15) is 0 Å². The number of amides is 1. The minimum absolute atomic E-state index is 0.0435. The molecule has 2 aromatic carbocycles. The van der Waals surface area contributed by atoms with Crippen LogP contribution in [0, 0.1) is 5.82 Å². The van der Waals surface area contributed by atoms with E-state index < -0.39 is 0 Å². The molecule has 0 saturated carbocycles. The van der Waals surface area contributed by atoms with Gasteiger partial charge in [0.2, 0.25) is 0 Å². The van der Waals surface area contributed by atoms with E-state index in [1.165, 1.54) is 12.1 Å². The number of likely N-dealkylation sites (N-methyl/N-ethyl adjacent to an activating group) is 1. The van der Waals surface area contributed by atoms with Crippen LogP contribution in [-0.2, 0) is 0 Å². The maximum absolute atomic E-state index is 13.3. The summed E-state index contributed by atoms with van der Waals surface area (Å²) in [5, 5.41) is 3.03. The molecule has 1 amide bonds. The molecule has 1 saturated heterocycles. The Labute approximate surface area is 148 Å². The third-order valence-electron chi connectivity index (χ3n) is 4.73. The van der Waals surface area contributed by atoms with Crippen LogP contribution in [0.2, 0.25) is 0 Å². The van der Waals surface area contributed by atoms with Crippen LogP contribution in [-0.4, -0.2) is 55.5 Å². The van der Waals surface area contributed by atoms with Crippen molar-refractivity contribution in [2.45, 2.75) is 6.04 Å². The summed E-state index contributed by atoms with van der Waals surface area (Å²) in [5.74, 6) is -0.323. The first kappa shape index (κ1) is 17.6. The zero-order valence-electron chi connectivity index (χ0n) is 14.5. The molecule has 1 heterocycles. The second kappa shape index (κ2) is 8.23. The fraction of sp³-hybridized carbons (Fsp3) is 0.350. The number of rotatable bonds is 5. The van der Waals surface area contributed by atoms with Crippen molar-refractivity contribution in [1.82, 2.24) is 15.1 Å². The lowest BCUT2D eigenvalue weighted by atomic mass is 10.0. The molecule has 0 unspecified atom stereocenters. The van der Waals surface area contributed by atoms with E-state index in [-0.39, 0.29) is 17.8 Å². The topological polar surface area (TPSA) is 35.6 Å². The van der Waals surface area contributed by atoms with E-state index in [0.717, 1.165) is 31.7 Å². The lowest BCUT2D eigenvalue weighted by Gasteiger charge is -2.38. The van der Waals surface area contributed by atoms with E-state index in [1.54, 1.807) is 12.1 Å². The summed E-state index contributed by atoms with van der Waals surface area (Å²) in [6.07, 6.45) is 0. The average molecular weight is 341 g/mol. The van der Waals surface area contributed by atoms with Gasteiger partial charge in [0, 0.05) is 38.3 Å². The van der Waals surface area contributed by atoms with Crippen LogP contribution in [0.25, 0.3) is 0 Å². The van der Waals surface area contributed by atoms with E-state index in [9.17, 15) is 9.18 Å². The molecule has 0 bridgehead atoms. The minimum Gasteiger partial charge on any atom is -0.350 e. The van der Waals surface area contributed by atoms with Crippen molar-refractivity contribution in [2.75, 3.05) is 39.8 Å². The molecule has 0 spiro atoms. The van der Waals surface area contributed by atoms with Gasteiger partial charge in [0.25, 0.3) is 5.91 Å². The van der Waals surface area contributed by atoms with Gasteiger partial charge >= 0.3 is 0 Å². The number of halogens is 1. The Morgan fingerprint density at radius 1 is 1.04 bits per heavy atom. The number of nitrogens with zero attached hydrogens (tertiary/aromatic N) is 2. The number of benzene rings is 2. The number of hydrogen-bond donors (Lipinski definition) is 1. The molecule has 1 atom stereocenters. The quantitative estimate of drug-likeness (QED) is 0.908. The molecule has 25 heavy (non-hydrogen) atoms. The van der Waals surface area contributed by atoms with Gasteiger partial charge in [-0.3, -0.25) is 9.69 Å². The highest BCUT2D eigenvalue weighted by molar-refractivity contribution is 5.94. The maximum atomic E-state index is 13.3. The molecule has 1 aliphatic heterocycles. The molecule has 5 heteroatoms. The summed E-state index contributed by atoms with van der Waals surface area (Å²) in [7, 11) is 2.11. The van der Waals surface area contributed by atoms with Gasteiger partial charge in [-0.25, -0.2) is 4.39 Å². The Balaban J connectivity index is 1.72. The molecule has 2 aromatic rings. The van der Waals surface area contributed by atoms with Crippen molar-refractivity contribution in [1.29, 1.82) is 0 Å². The molecule has 4 nitrogen and oxygen atoms in total. The second-order valence-corrected chi connectivity index (χ2v) is 6.48. The summed E-state index contributed by atoms with van der Waals surface area (Å²) in [4.78, 5) is 17.0. The third kappa shape index (κ3) is 4.65. The standard InChI is InChI=1S/C20H24FN3O/c1-23-11-13-24(14-12-23)19(16-7-9-18(21)10-8-16)15-22-20(25)17-5-3-2-4-6-17/h2-10,19H,11-15H2,1H3,(H,22,25)/t19-/m1/s1. The number of carbonyl (C=O) groups is 1. The van der Waals surface area contributed by atoms with Crippen molar-refractivity contribution < 1.29 is 9.18 Å². The number of hydrogen-bond acceptors (Lipinski definition) is 3. The van der Waals surface area contributed by atoms with Crippen molar-refractivity contribution in [3.63, 3.8) is 0 Å². The van der Waals surface area contributed by atoms with Crippen LogP contribution in [0.5, 0.6) is 0 Å². The Kier molecular flexibility index (Phi) is 5.79. The molecule has 0 aliphatic carbocycles. The van der Waals surface area contributed by atoms with Crippen LogP contribution < -0.4 is 5.32 Å². The number of carbonyl (C=O) groups excluding carboxylic acids is 1. The van der Waals surface area contributed by atoms with Gasteiger partial charge < -0.3 is 10.2 Å². The molecule has 1 aliphatic rings. The highest BCUT2D eigenvalue weighted by atomic mass is 19.1. The lowest BCUT2D eigenvalue weighted by Crippen LogP contribution is -2.48. The molecule has 0 aromatic heterocycles. The summed E-state index contributed by atoms with van der Waals surface area (Å²) >= 11 is 0. The van der Waals surface area contributed by atoms with E-state index >= 15 is 0 Å². The monoisotopic (exact) mass is 341 g/mol. The Morgan fingerprint density at radius 2 is 1.68 bits per heavy atom. The predicted octanol–water partition coefficient (Wildman–Crippen LogP) is 2.54.